The minimum atomic E-state index is -5.20. The standard InChI is InChI=1S/C24H40F3N5O6/c1-12(2)18(29-14(4)33)22(38)31-16(11-23(5,6)7)21(37)30-15(10-17(34)32(8)9)20(36)28-13(3)19(35)24(25,26)27/h12-13,15-16,18H,10-11H2,1-9H3,(H,28,36)(H,29,33)(H,30,37)(H,31,38)/t13?,15-,16-,18-/m0/s1. The smallest absolute Gasteiger partial charge is 0.349 e. The number of nitrogens with zero attached hydrogens (tertiary/aromatic N) is 1. The molecule has 0 bridgehead atoms. The fraction of sp³-hybridized carbons (Fsp3) is 0.750. The monoisotopic (exact) mass is 551 g/mol. The molecule has 0 heterocycles. The third kappa shape index (κ3) is 12.4. The van der Waals surface area contributed by atoms with Crippen LogP contribution < -0.4 is 21.3 Å². The van der Waals surface area contributed by atoms with E-state index in [1.54, 1.807) is 34.6 Å². The summed E-state index contributed by atoms with van der Waals surface area (Å²) in [6.45, 7) is 10.8. The topological polar surface area (TPSA) is 154 Å². The highest BCUT2D eigenvalue weighted by atomic mass is 19.4. The number of ketones is 1. The molecule has 14 heteroatoms. The Balaban J connectivity index is 6.02. The van der Waals surface area contributed by atoms with Crippen molar-refractivity contribution >= 4 is 35.3 Å². The van der Waals surface area contributed by atoms with Gasteiger partial charge in [0.15, 0.2) is 0 Å². The molecule has 0 fully saturated rings. The average Bonchev–Trinajstić information content (AvgIpc) is 2.73. The lowest BCUT2D eigenvalue weighted by molar-refractivity contribution is -0.173. The minimum absolute atomic E-state index is 0.0778. The number of carbonyl (C=O) groups is 6. The second-order valence-corrected chi connectivity index (χ2v) is 10.9. The molecule has 0 spiro atoms. The van der Waals surface area contributed by atoms with Crippen LogP contribution in [0.25, 0.3) is 0 Å². The summed E-state index contributed by atoms with van der Waals surface area (Å²) in [5.74, 6) is -6.34. The summed E-state index contributed by atoms with van der Waals surface area (Å²) >= 11 is 0. The fourth-order valence-electron chi connectivity index (χ4n) is 3.30. The van der Waals surface area contributed by atoms with E-state index in [0.29, 0.717) is 0 Å². The Kier molecular flexibility index (Phi) is 12.9. The molecule has 5 amide bonds. The zero-order valence-corrected chi connectivity index (χ0v) is 23.3. The first-order valence-electron chi connectivity index (χ1n) is 12.1. The molecule has 0 aliphatic rings. The Morgan fingerprint density at radius 2 is 1.24 bits per heavy atom. The molecule has 0 aromatic carbocycles. The molecule has 4 atom stereocenters. The lowest BCUT2D eigenvalue weighted by atomic mass is 9.87. The second kappa shape index (κ2) is 14.1. The van der Waals surface area contributed by atoms with Gasteiger partial charge in [-0.15, -0.1) is 0 Å². The van der Waals surface area contributed by atoms with Gasteiger partial charge in [-0.05, 0) is 24.7 Å². The van der Waals surface area contributed by atoms with E-state index in [-0.39, 0.29) is 12.3 Å². The molecule has 1 unspecified atom stereocenters. The van der Waals surface area contributed by atoms with Gasteiger partial charge in [-0.2, -0.15) is 13.2 Å². The van der Waals surface area contributed by atoms with E-state index < -0.39 is 77.5 Å². The number of hydrogen-bond donors (Lipinski definition) is 4. The highest BCUT2D eigenvalue weighted by Gasteiger charge is 2.43. The third-order valence-corrected chi connectivity index (χ3v) is 5.30. The molecule has 38 heavy (non-hydrogen) atoms. The molecule has 218 valence electrons. The molecule has 0 aliphatic heterocycles. The first-order chi connectivity index (χ1) is 17.1. The van der Waals surface area contributed by atoms with Crippen molar-refractivity contribution in [3.8, 4) is 0 Å². The van der Waals surface area contributed by atoms with E-state index in [1.807, 2.05) is 5.32 Å². The zero-order valence-electron chi connectivity index (χ0n) is 23.3. The van der Waals surface area contributed by atoms with Crippen molar-refractivity contribution in [2.45, 2.75) is 91.7 Å². The number of hydrogen-bond acceptors (Lipinski definition) is 6. The van der Waals surface area contributed by atoms with Crippen LogP contribution in [0.3, 0.4) is 0 Å². The van der Waals surface area contributed by atoms with E-state index in [2.05, 4.69) is 16.0 Å². The van der Waals surface area contributed by atoms with Crippen LogP contribution in [0.4, 0.5) is 13.2 Å². The highest BCUT2D eigenvalue weighted by molar-refractivity contribution is 5.98. The van der Waals surface area contributed by atoms with E-state index in [4.69, 9.17) is 0 Å². The van der Waals surface area contributed by atoms with Crippen molar-refractivity contribution in [2.24, 2.45) is 11.3 Å². The lowest BCUT2D eigenvalue weighted by Crippen LogP contribution is -2.59. The van der Waals surface area contributed by atoms with Crippen LogP contribution in [-0.4, -0.2) is 84.7 Å². The van der Waals surface area contributed by atoms with Crippen molar-refractivity contribution in [1.82, 2.24) is 26.2 Å². The predicted octanol–water partition coefficient (Wildman–Crippen LogP) is 0.667. The van der Waals surface area contributed by atoms with Gasteiger partial charge < -0.3 is 26.2 Å². The number of carbonyl (C=O) groups excluding carboxylic acids is 6. The van der Waals surface area contributed by atoms with E-state index in [1.165, 1.54) is 21.0 Å². The summed E-state index contributed by atoms with van der Waals surface area (Å²) in [6, 6.07) is -5.80. The molecule has 11 nitrogen and oxygen atoms in total. The molecular formula is C24H40F3N5O6. The maximum absolute atomic E-state index is 13.3. The first kappa shape index (κ1) is 34.8. The Morgan fingerprint density at radius 3 is 1.63 bits per heavy atom. The van der Waals surface area contributed by atoms with Crippen molar-refractivity contribution in [3.05, 3.63) is 0 Å². The summed E-state index contributed by atoms with van der Waals surface area (Å²) < 4.78 is 38.3. The number of alkyl halides is 3. The molecule has 0 radical (unpaired) electrons. The van der Waals surface area contributed by atoms with Gasteiger partial charge in [-0.1, -0.05) is 34.6 Å². The summed E-state index contributed by atoms with van der Waals surface area (Å²) in [6.07, 6.45) is -5.74. The number of amides is 5. The van der Waals surface area contributed by atoms with Crippen LogP contribution in [0.2, 0.25) is 0 Å². The summed E-state index contributed by atoms with van der Waals surface area (Å²) in [7, 11) is 2.76. The molecule has 0 saturated heterocycles. The van der Waals surface area contributed by atoms with Gasteiger partial charge >= 0.3 is 6.18 Å². The van der Waals surface area contributed by atoms with Gasteiger partial charge in [0.05, 0.1) is 12.5 Å². The Hall–Kier alpha value is -3.19. The third-order valence-electron chi connectivity index (χ3n) is 5.30. The maximum Gasteiger partial charge on any atom is 0.452 e. The summed E-state index contributed by atoms with van der Waals surface area (Å²) in [5.41, 5.74) is -0.512. The Labute approximate surface area is 221 Å². The normalized spacial score (nSPS) is 15.0. The van der Waals surface area contributed by atoms with Crippen LogP contribution in [0.15, 0.2) is 0 Å². The second-order valence-electron chi connectivity index (χ2n) is 10.9. The SMILES string of the molecule is CC(=O)N[C@H](C(=O)N[C@@H](CC(C)(C)C)C(=O)N[C@@H](CC(=O)N(C)C)C(=O)NC(C)C(=O)C(F)(F)F)C(C)C. The van der Waals surface area contributed by atoms with Gasteiger partial charge in [-0.3, -0.25) is 28.8 Å². The maximum atomic E-state index is 13.3. The lowest BCUT2D eigenvalue weighted by Gasteiger charge is -2.30. The Morgan fingerprint density at radius 1 is 0.763 bits per heavy atom. The van der Waals surface area contributed by atoms with Gasteiger partial charge in [0, 0.05) is 21.0 Å². The van der Waals surface area contributed by atoms with Crippen LogP contribution in [0.5, 0.6) is 0 Å². The number of Topliss-reactive ketones (excluding diaryl/α,β-unsaturated/α-hetero) is 1. The molecule has 4 N–H and O–H groups in total. The van der Waals surface area contributed by atoms with Crippen molar-refractivity contribution < 1.29 is 41.9 Å². The van der Waals surface area contributed by atoms with Crippen LogP contribution in [-0.2, 0) is 28.8 Å². The number of halogens is 3. The molecule has 0 saturated carbocycles. The first-order valence-corrected chi connectivity index (χ1v) is 12.1. The molecular weight excluding hydrogens is 511 g/mol. The van der Waals surface area contributed by atoms with Crippen LogP contribution >= 0.6 is 0 Å². The fourth-order valence-corrected chi connectivity index (χ4v) is 3.30. The number of nitrogens with one attached hydrogen (secondary N) is 4. The molecule has 0 rings (SSSR count). The highest BCUT2D eigenvalue weighted by Crippen LogP contribution is 2.22. The predicted molar refractivity (Wildman–Crippen MR) is 132 cm³/mol. The van der Waals surface area contributed by atoms with Crippen LogP contribution in [0.1, 0.15) is 61.3 Å². The van der Waals surface area contributed by atoms with E-state index >= 15 is 0 Å². The van der Waals surface area contributed by atoms with Crippen molar-refractivity contribution in [2.75, 3.05) is 14.1 Å². The largest absolute Gasteiger partial charge is 0.452 e. The zero-order chi connectivity index (χ0) is 30.2. The Bertz CT molecular complexity index is 899. The van der Waals surface area contributed by atoms with Gasteiger partial charge in [-0.25, -0.2) is 0 Å². The minimum Gasteiger partial charge on any atom is -0.349 e. The van der Waals surface area contributed by atoms with Gasteiger partial charge in [0.25, 0.3) is 5.78 Å². The van der Waals surface area contributed by atoms with Gasteiger partial charge in [0.2, 0.25) is 29.5 Å². The van der Waals surface area contributed by atoms with Crippen molar-refractivity contribution in [1.29, 1.82) is 0 Å². The van der Waals surface area contributed by atoms with E-state index in [0.717, 1.165) is 11.8 Å². The quantitative estimate of drug-likeness (QED) is 0.280. The average molecular weight is 552 g/mol. The summed E-state index contributed by atoms with van der Waals surface area (Å²) in [4.78, 5) is 75.4. The number of rotatable bonds is 12. The molecule has 0 aromatic rings. The van der Waals surface area contributed by atoms with E-state index in [9.17, 15) is 41.9 Å². The van der Waals surface area contributed by atoms with Gasteiger partial charge in [0.1, 0.15) is 18.1 Å². The van der Waals surface area contributed by atoms with Crippen LogP contribution in [0, 0.1) is 11.3 Å². The summed E-state index contributed by atoms with van der Waals surface area (Å²) in [5, 5.41) is 9.29. The van der Waals surface area contributed by atoms with Crippen molar-refractivity contribution in [3.63, 3.8) is 0 Å². The molecule has 0 aliphatic carbocycles. The molecule has 0 aromatic heterocycles.